The number of allylic oxidation sites excluding steroid dienone is 1. The van der Waals surface area contributed by atoms with E-state index in [0.717, 1.165) is 25.3 Å². The van der Waals surface area contributed by atoms with Crippen LogP contribution in [0.25, 0.3) is 0 Å². The Labute approximate surface area is 107 Å². The highest BCUT2D eigenvalue weighted by Gasteiger charge is 2.17. The molecule has 3 heteroatoms. The molecule has 1 aliphatic rings. The van der Waals surface area contributed by atoms with Crippen LogP contribution in [0.5, 0.6) is 0 Å². The maximum absolute atomic E-state index is 13.7. The number of nitrogens with one attached hydrogen (secondary N) is 1. The zero-order chi connectivity index (χ0) is 13.0. The molecule has 0 saturated carbocycles. The Morgan fingerprint density at radius 3 is 2.78 bits per heavy atom. The average molecular weight is 251 g/mol. The lowest BCUT2D eigenvalue weighted by atomic mass is 9.91. The summed E-state index contributed by atoms with van der Waals surface area (Å²) in [7, 11) is 1.79. The maximum atomic E-state index is 13.7. The number of benzene rings is 1. The molecule has 1 unspecified atom stereocenters. The van der Waals surface area contributed by atoms with Gasteiger partial charge in [0.15, 0.2) is 0 Å². The van der Waals surface area contributed by atoms with Gasteiger partial charge < -0.3 is 5.32 Å². The van der Waals surface area contributed by atoms with E-state index in [4.69, 9.17) is 0 Å². The lowest BCUT2D eigenvalue weighted by Crippen LogP contribution is -2.19. The van der Waals surface area contributed by atoms with Gasteiger partial charge in [0.25, 0.3) is 0 Å². The van der Waals surface area contributed by atoms with E-state index < -0.39 is 0 Å². The van der Waals surface area contributed by atoms with E-state index in [-0.39, 0.29) is 17.7 Å². The van der Waals surface area contributed by atoms with E-state index >= 15 is 0 Å². The molecule has 0 amide bonds. The quantitative estimate of drug-likeness (QED) is 0.794. The van der Waals surface area contributed by atoms with Crippen molar-refractivity contribution in [3.05, 3.63) is 47.0 Å². The number of hydrogen-bond donors (Lipinski definition) is 1. The smallest absolute Gasteiger partial charge is 0.128 e. The Hall–Kier alpha value is -1.22. The highest BCUT2D eigenvalue weighted by atomic mass is 19.1. The Bertz CT molecular complexity index is 440. The Morgan fingerprint density at radius 1 is 1.28 bits per heavy atom. The number of rotatable bonds is 4. The molecule has 2 rings (SSSR count). The molecular weight excluding hydrogens is 232 g/mol. The van der Waals surface area contributed by atoms with Crippen molar-refractivity contribution in [3.8, 4) is 0 Å². The SMILES string of the molecule is CNC(CC1=CCCCC1)c1cc(F)ccc1F. The van der Waals surface area contributed by atoms with Crippen LogP contribution in [-0.2, 0) is 0 Å². The first-order valence-electron chi connectivity index (χ1n) is 6.51. The minimum absolute atomic E-state index is 0.148. The van der Waals surface area contributed by atoms with Gasteiger partial charge in [-0.05, 0) is 57.4 Å². The van der Waals surface area contributed by atoms with Gasteiger partial charge in [-0.1, -0.05) is 11.6 Å². The summed E-state index contributed by atoms with van der Waals surface area (Å²) in [5.74, 6) is -0.726. The van der Waals surface area contributed by atoms with Gasteiger partial charge in [0, 0.05) is 11.6 Å². The minimum atomic E-state index is -0.385. The molecule has 18 heavy (non-hydrogen) atoms. The van der Waals surface area contributed by atoms with E-state index in [2.05, 4.69) is 11.4 Å². The first kappa shape index (κ1) is 13.2. The third-order valence-corrected chi connectivity index (χ3v) is 3.53. The predicted octanol–water partition coefficient (Wildman–Crippen LogP) is 4.12. The zero-order valence-corrected chi connectivity index (χ0v) is 10.7. The standard InChI is InChI=1S/C15H19F2N/c1-18-15(9-11-5-3-2-4-6-11)13-10-12(16)7-8-14(13)17/h5,7-8,10,15,18H,2-4,6,9H2,1H3. The van der Waals surface area contributed by atoms with Crippen LogP contribution in [0.2, 0.25) is 0 Å². The molecular formula is C15H19F2N. The van der Waals surface area contributed by atoms with Crippen LogP contribution in [0.1, 0.15) is 43.7 Å². The molecule has 0 spiro atoms. The summed E-state index contributed by atoms with van der Waals surface area (Å²) >= 11 is 0. The van der Waals surface area contributed by atoms with Crippen molar-refractivity contribution < 1.29 is 8.78 Å². The summed E-state index contributed by atoms with van der Waals surface area (Å²) in [6, 6.07) is 3.50. The lowest BCUT2D eigenvalue weighted by molar-refractivity contribution is 0.510. The molecule has 0 aromatic heterocycles. The van der Waals surface area contributed by atoms with Gasteiger partial charge in [0.2, 0.25) is 0 Å². The van der Waals surface area contributed by atoms with Crippen molar-refractivity contribution in [3.63, 3.8) is 0 Å². The van der Waals surface area contributed by atoms with Crippen LogP contribution in [0.3, 0.4) is 0 Å². The number of halogens is 2. The molecule has 0 heterocycles. The normalized spacial score (nSPS) is 17.4. The van der Waals surface area contributed by atoms with E-state index in [1.54, 1.807) is 7.05 Å². The van der Waals surface area contributed by atoms with Gasteiger partial charge in [-0.3, -0.25) is 0 Å². The summed E-state index contributed by atoms with van der Waals surface area (Å²) in [5, 5.41) is 3.09. The van der Waals surface area contributed by atoms with Crippen LogP contribution < -0.4 is 5.32 Å². The van der Waals surface area contributed by atoms with Gasteiger partial charge in [-0.2, -0.15) is 0 Å². The zero-order valence-electron chi connectivity index (χ0n) is 10.7. The van der Waals surface area contributed by atoms with Crippen molar-refractivity contribution in [2.24, 2.45) is 0 Å². The van der Waals surface area contributed by atoms with Crippen molar-refractivity contribution in [2.45, 2.75) is 38.1 Å². The average Bonchev–Trinajstić information content (AvgIpc) is 2.40. The minimum Gasteiger partial charge on any atom is -0.313 e. The molecule has 1 aromatic rings. The molecule has 0 saturated heterocycles. The summed E-state index contributed by atoms with van der Waals surface area (Å²) in [6.07, 6.45) is 7.63. The fraction of sp³-hybridized carbons (Fsp3) is 0.467. The molecule has 1 atom stereocenters. The molecule has 1 N–H and O–H groups in total. The molecule has 1 aliphatic carbocycles. The monoisotopic (exact) mass is 251 g/mol. The van der Waals surface area contributed by atoms with Crippen LogP contribution in [0.4, 0.5) is 8.78 Å². The van der Waals surface area contributed by atoms with E-state index in [9.17, 15) is 8.78 Å². The third-order valence-electron chi connectivity index (χ3n) is 3.53. The summed E-state index contributed by atoms with van der Waals surface area (Å²) < 4.78 is 26.9. The van der Waals surface area contributed by atoms with E-state index in [1.807, 2.05) is 0 Å². The van der Waals surface area contributed by atoms with Crippen LogP contribution in [-0.4, -0.2) is 7.05 Å². The maximum Gasteiger partial charge on any atom is 0.128 e. The summed E-state index contributed by atoms with van der Waals surface area (Å²) in [4.78, 5) is 0. The van der Waals surface area contributed by atoms with Crippen molar-refractivity contribution in [1.29, 1.82) is 0 Å². The first-order valence-corrected chi connectivity index (χ1v) is 6.51. The molecule has 98 valence electrons. The second kappa shape index (κ2) is 6.10. The van der Waals surface area contributed by atoms with Gasteiger partial charge in [-0.25, -0.2) is 8.78 Å². The van der Waals surface area contributed by atoms with Gasteiger partial charge in [0.05, 0.1) is 0 Å². The molecule has 0 fully saturated rings. The van der Waals surface area contributed by atoms with Crippen LogP contribution in [0, 0.1) is 11.6 Å². The second-order valence-electron chi connectivity index (χ2n) is 4.82. The molecule has 1 nitrogen and oxygen atoms in total. The Balaban J connectivity index is 2.17. The summed E-state index contributed by atoms with van der Waals surface area (Å²) in [6.45, 7) is 0. The van der Waals surface area contributed by atoms with Gasteiger partial charge in [-0.15, -0.1) is 0 Å². The van der Waals surface area contributed by atoms with Crippen molar-refractivity contribution in [2.75, 3.05) is 7.05 Å². The fourth-order valence-electron chi connectivity index (χ4n) is 2.50. The molecule has 0 aliphatic heterocycles. The number of hydrogen-bond acceptors (Lipinski definition) is 1. The molecule has 0 bridgehead atoms. The fourth-order valence-corrected chi connectivity index (χ4v) is 2.50. The first-order chi connectivity index (χ1) is 8.70. The second-order valence-corrected chi connectivity index (χ2v) is 4.82. The van der Waals surface area contributed by atoms with E-state index in [1.165, 1.54) is 30.5 Å². The van der Waals surface area contributed by atoms with Crippen LogP contribution in [0.15, 0.2) is 29.8 Å². The topological polar surface area (TPSA) is 12.0 Å². The molecule has 1 aromatic carbocycles. The largest absolute Gasteiger partial charge is 0.313 e. The highest BCUT2D eigenvalue weighted by Crippen LogP contribution is 2.29. The van der Waals surface area contributed by atoms with Crippen molar-refractivity contribution >= 4 is 0 Å². The summed E-state index contributed by atoms with van der Waals surface area (Å²) in [5.41, 5.74) is 1.77. The van der Waals surface area contributed by atoms with E-state index in [0.29, 0.717) is 5.56 Å². The Kier molecular flexibility index (Phi) is 4.48. The lowest BCUT2D eigenvalue weighted by Gasteiger charge is -2.21. The van der Waals surface area contributed by atoms with Crippen molar-refractivity contribution in [1.82, 2.24) is 5.32 Å². The van der Waals surface area contributed by atoms with Gasteiger partial charge in [0.1, 0.15) is 11.6 Å². The van der Waals surface area contributed by atoms with Gasteiger partial charge >= 0.3 is 0 Å². The predicted molar refractivity (Wildman–Crippen MR) is 69.3 cm³/mol. The highest BCUT2D eigenvalue weighted by molar-refractivity contribution is 5.24. The third kappa shape index (κ3) is 3.16. The van der Waals surface area contributed by atoms with Crippen LogP contribution >= 0.6 is 0 Å². The molecule has 0 radical (unpaired) electrons. The Morgan fingerprint density at radius 2 is 2.11 bits per heavy atom.